The monoisotopic (exact) mass is 493 g/mol. The number of amides is 2. The van der Waals surface area contributed by atoms with Gasteiger partial charge in [-0.05, 0) is 61.4 Å². The molecule has 1 fully saturated rings. The van der Waals surface area contributed by atoms with Crippen molar-refractivity contribution in [1.29, 1.82) is 5.26 Å². The molecule has 2 aromatic heterocycles. The predicted molar refractivity (Wildman–Crippen MR) is 134 cm³/mol. The van der Waals surface area contributed by atoms with Crippen LogP contribution in [0.25, 0.3) is 0 Å². The second-order valence-electron chi connectivity index (χ2n) is 8.81. The third kappa shape index (κ3) is 5.78. The minimum absolute atomic E-state index is 0.0483. The molecule has 3 aromatic rings. The van der Waals surface area contributed by atoms with Crippen molar-refractivity contribution in [3.8, 4) is 6.07 Å². The van der Waals surface area contributed by atoms with Gasteiger partial charge in [-0.15, -0.1) is 11.3 Å². The van der Waals surface area contributed by atoms with Crippen molar-refractivity contribution in [3.63, 3.8) is 0 Å². The van der Waals surface area contributed by atoms with Crippen molar-refractivity contribution in [2.75, 3.05) is 25.0 Å². The van der Waals surface area contributed by atoms with Crippen LogP contribution in [0.3, 0.4) is 0 Å². The fraction of sp³-hybridized carbons (Fsp3) is 0.346. The molecule has 0 atom stereocenters. The lowest BCUT2D eigenvalue weighted by Crippen LogP contribution is -2.46. The average molecular weight is 494 g/mol. The number of likely N-dealkylation sites (tertiary alicyclic amines) is 1. The van der Waals surface area contributed by atoms with Gasteiger partial charge in [0.05, 0.1) is 17.0 Å². The van der Waals surface area contributed by atoms with E-state index >= 15 is 0 Å². The number of carbonyl (C=O) groups is 2. The van der Waals surface area contributed by atoms with Crippen LogP contribution in [0.5, 0.6) is 0 Å². The van der Waals surface area contributed by atoms with Gasteiger partial charge in [-0.25, -0.2) is 4.39 Å². The van der Waals surface area contributed by atoms with E-state index in [9.17, 15) is 19.2 Å². The Morgan fingerprint density at radius 2 is 1.89 bits per heavy atom. The summed E-state index contributed by atoms with van der Waals surface area (Å²) in [5.74, 6) is -0.0847. The summed E-state index contributed by atoms with van der Waals surface area (Å²) in [4.78, 5) is 28.0. The number of aromatic nitrogens is 1. The first kappa shape index (κ1) is 24.6. The minimum Gasteiger partial charge on any atom is -0.349 e. The molecule has 1 aliphatic heterocycles. The van der Waals surface area contributed by atoms with Gasteiger partial charge >= 0.3 is 0 Å². The molecule has 0 bridgehead atoms. The molecule has 0 radical (unpaired) electrons. The van der Waals surface area contributed by atoms with Crippen molar-refractivity contribution in [1.82, 2.24) is 14.8 Å². The summed E-state index contributed by atoms with van der Waals surface area (Å²) >= 11 is 1.42. The van der Waals surface area contributed by atoms with Crippen molar-refractivity contribution in [2.45, 2.75) is 39.3 Å². The van der Waals surface area contributed by atoms with Crippen LogP contribution < -0.4 is 10.6 Å². The van der Waals surface area contributed by atoms with Gasteiger partial charge in [0, 0.05) is 31.4 Å². The van der Waals surface area contributed by atoms with Gasteiger partial charge in [-0.3, -0.25) is 14.5 Å². The molecule has 182 valence electrons. The number of nitrogens with one attached hydrogen (secondary N) is 2. The van der Waals surface area contributed by atoms with Gasteiger partial charge < -0.3 is 15.2 Å². The topological polar surface area (TPSA) is 90.2 Å². The molecular weight excluding hydrogens is 465 g/mol. The van der Waals surface area contributed by atoms with Crippen LogP contribution >= 0.6 is 11.3 Å². The first-order chi connectivity index (χ1) is 16.9. The smallest absolute Gasteiger partial charge is 0.261 e. The van der Waals surface area contributed by atoms with Crippen LogP contribution in [0.1, 0.15) is 44.9 Å². The van der Waals surface area contributed by atoms with Gasteiger partial charge in [-0.2, -0.15) is 5.26 Å². The molecule has 9 heteroatoms. The summed E-state index contributed by atoms with van der Waals surface area (Å²) in [5.41, 5.74) is 3.00. The number of benzene rings is 1. The van der Waals surface area contributed by atoms with Gasteiger partial charge in [0.15, 0.2) is 0 Å². The Bertz CT molecular complexity index is 1240. The molecule has 2 N–H and O–H groups in total. The number of thiophene rings is 1. The highest BCUT2D eigenvalue weighted by atomic mass is 32.1. The molecule has 0 aliphatic carbocycles. The lowest BCUT2D eigenvalue weighted by Gasteiger charge is -2.31. The number of halogens is 1. The maximum Gasteiger partial charge on any atom is 0.261 e. The predicted octanol–water partition coefficient (Wildman–Crippen LogP) is 4.06. The molecule has 1 aliphatic rings. The molecule has 35 heavy (non-hydrogen) atoms. The molecule has 4 rings (SSSR count). The molecule has 1 aromatic carbocycles. The first-order valence-corrected chi connectivity index (χ1v) is 12.4. The zero-order valence-electron chi connectivity index (χ0n) is 19.8. The van der Waals surface area contributed by atoms with Crippen LogP contribution in [-0.4, -0.2) is 47.0 Å². The number of piperidine rings is 1. The number of hydrogen-bond donors (Lipinski definition) is 2. The fourth-order valence-corrected chi connectivity index (χ4v) is 5.00. The zero-order chi connectivity index (χ0) is 24.9. The lowest BCUT2D eigenvalue weighted by molar-refractivity contribution is -0.117. The molecule has 0 saturated carbocycles. The van der Waals surface area contributed by atoms with Gasteiger partial charge in [0.1, 0.15) is 17.7 Å². The van der Waals surface area contributed by atoms with E-state index < -0.39 is 0 Å². The molecule has 1 saturated heterocycles. The van der Waals surface area contributed by atoms with E-state index in [1.54, 1.807) is 12.1 Å². The quantitative estimate of drug-likeness (QED) is 0.520. The van der Waals surface area contributed by atoms with Gasteiger partial charge in [0.25, 0.3) is 5.91 Å². The number of nitrogens with zero attached hydrogens (tertiary/aromatic N) is 3. The fourth-order valence-electron chi connectivity index (χ4n) is 4.37. The van der Waals surface area contributed by atoms with Crippen molar-refractivity contribution in [3.05, 3.63) is 74.9 Å². The molecular formula is C26H28FN5O2S. The van der Waals surface area contributed by atoms with E-state index in [2.05, 4.69) is 21.6 Å². The maximum absolute atomic E-state index is 13.3. The Balaban J connectivity index is 1.37. The van der Waals surface area contributed by atoms with Crippen molar-refractivity contribution < 1.29 is 14.0 Å². The summed E-state index contributed by atoms with van der Waals surface area (Å²) in [7, 11) is 0. The SMILES string of the molecule is Cc1c(C#N)c(NC(=O)CN2CCC(NC(=O)c3cccs3)CC2)n(Cc2ccc(F)cc2)c1C. The molecule has 0 spiro atoms. The Labute approximate surface area is 208 Å². The molecule has 2 amide bonds. The third-order valence-electron chi connectivity index (χ3n) is 6.49. The summed E-state index contributed by atoms with van der Waals surface area (Å²) in [6.45, 7) is 5.78. The van der Waals surface area contributed by atoms with E-state index in [4.69, 9.17) is 0 Å². The van der Waals surface area contributed by atoms with Gasteiger partial charge in [0.2, 0.25) is 5.91 Å². The lowest BCUT2D eigenvalue weighted by atomic mass is 10.0. The highest BCUT2D eigenvalue weighted by molar-refractivity contribution is 7.12. The number of nitriles is 1. The highest BCUT2D eigenvalue weighted by Crippen LogP contribution is 2.27. The summed E-state index contributed by atoms with van der Waals surface area (Å²) in [6, 6.07) is 12.2. The average Bonchev–Trinajstić information content (AvgIpc) is 3.46. The summed E-state index contributed by atoms with van der Waals surface area (Å²) in [6.07, 6.45) is 1.54. The van der Waals surface area contributed by atoms with Crippen LogP contribution in [0, 0.1) is 31.0 Å². The van der Waals surface area contributed by atoms with E-state index in [0.29, 0.717) is 35.9 Å². The number of rotatable bonds is 7. The number of anilines is 1. The van der Waals surface area contributed by atoms with Crippen molar-refractivity contribution >= 4 is 29.0 Å². The number of carbonyl (C=O) groups excluding carboxylic acids is 2. The molecule has 7 nitrogen and oxygen atoms in total. The largest absolute Gasteiger partial charge is 0.349 e. The standard InChI is InChI=1S/C26H28FN5O2S/c1-17-18(2)32(15-19-5-7-20(27)8-6-19)25(22(17)14-28)30-24(33)16-31-11-9-21(10-12-31)29-26(34)23-4-3-13-35-23/h3-8,13,21H,9-12,15-16H2,1-2H3,(H,29,34)(H,30,33). The minimum atomic E-state index is -0.310. The Morgan fingerprint density at radius 3 is 2.51 bits per heavy atom. The Morgan fingerprint density at radius 1 is 1.17 bits per heavy atom. The third-order valence-corrected chi connectivity index (χ3v) is 7.36. The Kier molecular flexibility index (Phi) is 7.63. The van der Waals surface area contributed by atoms with Crippen LogP contribution in [-0.2, 0) is 11.3 Å². The maximum atomic E-state index is 13.3. The Hall–Kier alpha value is -3.48. The van der Waals surface area contributed by atoms with E-state index in [-0.39, 0.29) is 30.2 Å². The highest BCUT2D eigenvalue weighted by Gasteiger charge is 2.24. The second kappa shape index (κ2) is 10.8. The van der Waals surface area contributed by atoms with Crippen molar-refractivity contribution in [2.24, 2.45) is 0 Å². The molecule has 0 unspecified atom stereocenters. The molecule has 3 heterocycles. The van der Waals surface area contributed by atoms with Crippen LogP contribution in [0.15, 0.2) is 41.8 Å². The number of hydrogen-bond acceptors (Lipinski definition) is 5. The van der Waals surface area contributed by atoms with Crippen LogP contribution in [0.4, 0.5) is 10.2 Å². The van der Waals surface area contributed by atoms with E-state index in [0.717, 1.165) is 29.7 Å². The summed E-state index contributed by atoms with van der Waals surface area (Å²) in [5, 5.41) is 17.6. The first-order valence-electron chi connectivity index (χ1n) is 11.6. The van der Waals surface area contributed by atoms with E-state index in [1.807, 2.05) is 35.9 Å². The van der Waals surface area contributed by atoms with Gasteiger partial charge in [-0.1, -0.05) is 18.2 Å². The zero-order valence-corrected chi connectivity index (χ0v) is 20.6. The normalized spacial score (nSPS) is 14.5. The second-order valence-corrected chi connectivity index (χ2v) is 9.76. The van der Waals surface area contributed by atoms with E-state index in [1.165, 1.54) is 23.5 Å². The summed E-state index contributed by atoms with van der Waals surface area (Å²) < 4.78 is 15.2. The van der Waals surface area contributed by atoms with Crippen LogP contribution in [0.2, 0.25) is 0 Å².